The second-order valence-electron chi connectivity index (χ2n) is 4.41. The molecule has 0 fully saturated rings. The Balaban J connectivity index is 2.44. The highest BCUT2D eigenvalue weighted by Gasteiger charge is 2.19. The van der Waals surface area contributed by atoms with E-state index in [1.165, 1.54) is 18.2 Å². The lowest BCUT2D eigenvalue weighted by atomic mass is 10.2. The average Bonchev–Trinajstić information content (AvgIpc) is 2.78. The molecule has 0 spiro atoms. The van der Waals surface area contributed by atoms with Crippen LogP contribution in [-0.4, -0.2) is 23.1 Å². The van der Waals surface area contributed by atoms with Gasteiger partial charge in [-0.1, -0.05) is 6.07 Å². The number of hydrogen-bond donors (Lipinski definition) is 1. The summed E-state index contributed by atoms with van der Waals surface area (Å²) in [5, 5.41) is 0. The van der Waals surface area contributed by atoms with Crippen LogP contribution in [0.3, 0.4) is 0 Å². The fraction of sp³-hybridized carbons (Fsp3) is 0.167. The summed E-state index contributed by atoms with van der Waals surface area (Å²) in [7, 11) is -7.13. The smallest absolute Gasteiger partial charge is 0.271 e. The minimum Gasteiger partial charge on any atom is -0.279 e. The van der Waals surface area contributed by atoms with Crippen LogP contribution in [0.15, 0.2) is 43.2 Å². The number of thiophene rings is 1. The Hall–Kier alpha value is -0.900. The van der Waals surface area contributed by atoms with Gasteiger partial charge in [0.25, 0.3) is 10.0 Å². The van der Waals surface area contributed by atoms with Crippen LogP contribution >= 0.6 is 27.3 Å². The third-order valence-electron chi connectivity index (χ3n) is 2.69. The van der Waals surface area contributed by atoms with E-state index >= 15 is 0 Å². The molecular formula is C12H12BrNO4S3. The van der Waals surface area contributed by atoms with E-state index in [4.69, 9.17) is 0 Å². The van der Waals surface area contributed by atoms with Crippen LogP contribution < -0.4 is 4.72 Å². The topological polar surface area (TPSA) is 80.3 Å². The van der Waals surface area contributed by atoms with Gasteiger partial charge in [0.15, 0.2) is 9.84 Å². The minimum atomic E-state index is -3.73. The zero-order valence-electron chi connectivity index (χ0n) is 11.1. The zero-order chi connectivity index (χ0) is 15.8. The normalized spacial score (nSPS) is 12.3. The number of hydrogen-bond acceptors (Lipinski definition) is 5. The molecule has 0 unspecified atom stereocenters. The SMILES string of the molecule is Cc1ccc(S(C)(=O)=O)cc1NS(=O)(=O)c1ccc(Br)s1. The van der Waals surface area contributed by atoms with Gasteiger partial charge in [-0.2, -0.15) is 0 Å². The van der Waals surface area contributed by atoms with E-state index in [1.807, 2.05) is 0 Å². The predicted octanol–water partition coefficient (Wildman–Crippen LogP) is 3.02. The molecule has 2 aromatic rings. The minimum absolute atomic E-state index is 0.0677. The average molecular weight is 410 g/mol. The van der Waals surface area contributed by atoms with E-state index in [-0.39, 0.29) is 14.8 Å². The van der Waals surface area contributed by atoms with Crippen molar-refractivity contribution in [3.63, 3.8) is 0 Å². The lowest BCUT2D eigenvalue weighted by Crippen LogP contribution is -2.13. The van der Waals surface area contributed by atoms with Crippen molar-refractivity contribution in [3.05, 3.63) is 39.7 Å². The summed E-state index contributed by atoms with van der Waals surface area (Å²) in [5.41, 5.74) is 0.893. The van der Waals surface area contributed by atoms with Gasteiger partial charge in [-0.15, -0.1) is 11.3 Å². The Morgan fingerprint density at radius 1 is 1.10 bits per heavy atom. The number of sulfone groups is 1. The summed E-state index contributed by atoms with van der Waals surface area (Å²) in [5.74, 6) is 0. The fourth-order valence-corrected chi connectivity index (χ4v) is 5.36. The summed E-state index contributed by atoms with van der Waals surface area (Å²) < 4.78 is 50.9. The lowest BCUT2D eigenvalue weighted by molar-refractivity contribution is 0.600. The molecule has 114 valence electrons. The molecule has 21 heavy (non-hydrogen) atoms. The van der Waals surface area contributed by atoms with Crippen molar-refractivity contribution in [2.45, 2.75) is 16.0 Å². The van der Waals surface area contributed by atoms with E-state index in [0.717, 1.165) is 17.6 Å². The molecule has 9 heteroatoms. The van der Waals surface area contributed by atoms with E-state index in [9.17, 15) is 16.8 Å². The highest BCUT2D eigenvalue weighted by molar-refractivity contribution is 9.11. The number of halogens is 1. The van der Waals surface area contributed by atoms with Gasteiger partial charge in [-0.25, -0.2) is 16.8 Å². The maximum Gasteiger partial charge on any atom is 0.271 e. The van der Waals surface area contributed by atoms with E-state index < -0.39 is 19.9 Å². The molecule has 0 bridgehead atoms. The first kappa shape index (κ1) is 16.5. The molecule has 0 aliphatic heterocycles. The third kappa shape index (κ3) is 3.85. The van der Waals surface area contributed by atoms with E-state index in [2.05, 4.69) is 20.7 Å². The van der Waals surface area contributed by atoms with Crippen molar-refractivity contribution in [2.24, 2.45) is 0 Å². The van der Waals surface area contributed by atoms with Gasteiger partial charge < -0.3 is 0 Å². The maximum absolute atomic E-state index is 12.3. The van der Waals surface area contributed by atoms with Crippen LogP contribution in [0.25, 0.3) is 0 Å². The molecule has 0 saturated heterocycles. The van der Waals surface area contributed by atoms with Crippen molar-refractivity contribution >= 4 is 52.8 Å². The Morgan fingerprint density at radius 3 is 2.29 bits per heavy atom. The van der Waals surface area contributed by atoms with Crippen LogP contribution in [0.5, 0.6) is 0 Å². The van der Waals surface area contributed by atoms with Crippen molar-refractivity contribution < 1.29 is 16.8 Å². The number of aryl methyl sites for hydroxylation is 1. The summed E-state index contributed by atoms with van der Waals surface area (Å²) in [6.07, 6.45) is 1.08. The largest absolute Gasteiger partial charge is 0.279 e. The van der Waals surface area contributed by atoms with Gasteiger partial charge in [-0.05, 0) is 52.7 Å². The number of sulfonamides is 1. The van der Waals surface area contributed by atoms with Crippen LogP contribution in [0.4, 0.5) is 5.69 Å². The first-order valence-electron chi connectivity index (χ1n) is 5.68. The molecule has 0 aliphatic carbocycles. The molecule has 5 nitrogen and oxygen atoms in total. The Labute approximate surface area is 136 Å². The standard InChI is InChI=1S/C12H12BrNO4S3/c1-8-3-4-9(20(2,15)16)7-10(8)14-21(17,18)12-6-5-11(13)19-12/h3-7,14H,1-2H3. The first-order chi connectivity index (χ1) is 9.59. The molecule has 0 atom stereocenters. The van der Waals surface area contributed by atoms with Crippen LogP contribution in [-0.2, 0) is 19.9 Å². The third-order valence-corrected chi connectivity index (χ3v) is 7.29. The van der Waals surface area contributed by atoms with Gasteiger partial charge in [0.05, 0.1) is 14.4 Å². The summed E-state index contributed by atoms with van der Waals surface area (Å²) in [6, 6.07) is 7.46. The van der Waals surface area contributed by atoms with Crippen molar-refractivity contribution in [3.8, 4) is 0 Å². The number of benzene rings is 1. The van der Waals surface area contributed by atoms with Crippen LogP contribution in [0, 0.1) is 6.92 Å². The maximum atomic E-state index is 12.3. The highest BCUT2D eigenvalue weighted by atomic mass is 79.9. The van der Waals surface area contributed by atoms with Crippen molar-refractivity contribution in [1.82, 2.24) is 0 Å². The summed E-state index contributed by atoms with van der Waals surface area (Å²) in [6.45, 7) is 1.70. The Morgan fingerprint density at radius 2 is 1.76 bits per heavy atom. The summed E-state index contributed by atoms with van der Waals surface area (Å²) >= 11 is 4.29. The quantitative estimate of drug-likeness (QED) is 0.840. The Kier molecular flexibility index (Phi) is 4.48. The van der Waals surface area contributed by atoms with E-state index in [0.29, 0.717) is 9.35 Å². The van der Waals surface area contributed by atoms with E-state index in [1.54, 1.807) is 19.1 Å². The second kappa shape index (κ2) is 5.71. The number of rotatable bonds is 4. The van der Waals surface area contributed by atoms with Gasteiger partial charge in [0, 0.05) is 6.26 Å². The first-order valence-corrected chi connectivity index (χ1v) is 10.7. The van der Waals surface area contributed by atoms with Gasteiger partial charge >= 0.3 is 0 Å². The molecule has 2 rings (SSSR count). The monoisotopic (exact) mass is 409 g/mol. The lowest BCUT2D eigenvalue weighted by Gasteiger charge is -2.10. The van der Waals surface area contributed by atoms with Crippen LogP contribution in [0.2, 0.25) is 0 Å². The summed E-state index contributed by atoms with van der Waals surface area (Å²) in [4.78, 5) is 0.0677. The molecule has 1 N–H and O–H groups in total. The van der Waals surface area contributed by atoms with Gasteiger partial charge in [0.2, 0.25) is 0 Å². The van der Waals surface area contributed by atoms with Crippen molar-refractivity contribution in [2.75, 3.05) is 11.0 Å². The molecular weight excluding hydrogens is 398 g/mol. The zero-order valence-corrected chi connectivity index (χ0v) is 15.2. The highest BCUT2D eigenvalue weighted by Crippen LogP contribution is 2.29. The molecule has 1 heterocycles. The van der Waals surface area contributed by atoms with Gasteiger partial charge in [-0.3, -0.25) is 4.72 Å². The molecule has 1 aromatic carbocycles. The van der Waals surface area contributed by atoms with Crippen molar-refractivity contribution in [1.29, 1.82) is 0 Å². The molecule has 0 amide bonds. The van der Waals surface area contributed by atoms with Crippen LogP contribution in [0.1, 0.15) is 5.56 Å². The molecule has 1 aromatic heterocycles. The number of anilines is 1. The number of nitrogens with one attached hydrogen (secondary N) is 1. The molecule has 0 radical (unpaired) electrons. The second-order valence-corrected chi connectivity index (χ2v) is 10.8. The van der Waals surface area contributed by atoms with Gasteiger partial charge in [0.1, 0.15) is 4.21 Å². The Bertz CT molecular complexity index is 885. The molecule has 0 saturated carbocycles. The fourth-order valence-electron chi connectivity index (χ4n) is 1.58. The predicted molar refractivity (Wildman–Crippen MR) is 87.1 cm³/mol. The molecule has 0 aliphatic rings.